The van der Waals surface area contributed by atoms with Gasteiger partial charge in [-0.05, 0) is 43.5 Å². The molecule has 5 rings (SSSR count). The molecule has 4 atom stereocenters. The van der Waals surface area contributed by atoms with Crippen LogP contribution in [0.15, 0.2) is 41.2 Å². The second-order valence-electron chi connectivity index (χ2n) is 8.64. The number of aryl methyl sites for hydroxylation is 1. The van der Waals surface area contributed by atoms with E-state index < -0.39 is 0 Å². The number of likely N-dealkylation sites (tertiary alicyclic amines) is 1. The highest BCUT2D eigenvalue weighted by atomic mass is 16.5. The highest BCUT2D eigenvalue weighted by molar-refractivity contribution is 5.97. The van der Waals surface area contributed by atoms with Crippen LogP contribution in [0.5, 0.6) is 5.75 Å². The van der Waals surface area contributed by atoms with E-state index in [2.05, 4.69) is 5.32 Å². The summed E-state index contributed by atoms with van der Waals surface area (Å²) < 4.78 is 16.8. The second-order valence-corrected chi connectivity index (χ2v) is 8.64. The molecule has 7 nitrogen and oxygen atoms in total. The molecule has 30 heavy (non-hydrogen) atoms. The largest absolute Gasteiger partial charge is 0.496 e. The number of carbonyl (C=O) groups excluding carboxylic acids is 2. The quantitative estimate of drug-likeness (QED) is 0.820. The van der Waals surface area contributed by atoms with Crippen LogP contribution in [0.25, 0.3) is 0 Å². The number of hydrogen-bond donors (Lipinski definition) is 1. The van der Waals surface area contributed by atoms with Gasteiger partial charge in [-0.2, -0.15) is 0 Å². The Morgan fingerprint density at radius 3 is 2.97 bits per heavy atom. The molecule has 0 radical (unpaired) electrons. The lowest BCUT2D eigenvalue weighted by Crippen LogP contribution is -2.42. The Bertz CT molecular complexity index is 972. The standard InChI is InChI=1S/C23H26N2O5/c1-14-3-4-16(20(9-14)28-2)21(26)24-10-17-18-11-25(22(27)15-6-8-29-12-15)13-23(18)7-5-19(17)30-23/h3-4,6,8-9,12,17-19H,5,7,10-11,13H2,1-2H3,(H,24,26)/t17-,18+,19+,23+/m0/s1. The van der Waals surface area contributed by atoms with Crippen molar-refractivity contribution < 1.29 is 23.5 Å². The van der Waals surface area contributed by atoms with Crippen LogP contribution in [0.4, 0.5) is 0 Å². The Morgan fingerprint density at radius 1 is 1.33 bits per heavy atom. The van der Waals surface area contributed by atoms with Gasteiger partial charge in [-0.25, -0.2) is 0 Å². The first-order valence-corrected chi connectivity index (χ1v) is 10.4. The number of nitrogens with zero attached hydrogens (tertiary/aromatic N) is 1. The van der Waals surface area contributed by atoms with Gasteiger partial charge in [0.05, 0.1) is 42.7 Å². The minimum absolute atomic E-state index is 0.0215. The Morgan fingerprint density at radius 2 is 2.20 bits per heavy atom. The lowest BCUT2D eigenvalue weighted by atomic mass is 9.73. The third-order valence-electron chi connectivity index (χ3n) is 6.94. The SMILES string of the molecule is COc1cc(C)ccc1C(=O)NC[C@H]1[C@H]2CN(C(=O)c3ccoc3)C[C@]23CC[C@H]1O3. The van der Waals surface area contributed by atoms with E-state index in [0.29, 0.717) is 36.5 Å². The van der Waals surface area contributed by atoms with Crippen molar-refractivity contribution in [2.45, 2.75) is 31.5 Å². The molecule has 1 aromatic heterocycles. The summed E-state index contributed by atoms with van der Waals surface area (Å²) in [6.45, 7) is 3.75. The fourth-order valence-electron chi connectivity index (χ4n) is 5.48. The summed E-state index contributed by atoms with van der Waals surface area (Å²) in [5, 5.41) is 3.08. The van der Waals surface area contributed by atoms with E-state index in [4.69, 9.17) is 13.9 Å². The molecule has 3 aliphatic heterocycles. The third kappa shape index (κ3) is 2.99. The highest BCUT2D eigenvalue weighted by Crippen LogP contribution is 2.54. The van der Waals surface area contributed by atoms with Crippen LogP contribution < -0.4 is 10.1 Å². The summed E-state index contributed by atoms with van der Waals surface area (Å²) in [7, 11) is 1.57. The van der Waals surface area contributed by atoms with E-state index in [0.717, 1.165) is 18.4 Å². The molecular weight excluding hydrogens is 384 g/mol. The molecule has 0 saturated carbocycles. The van der Waals surface area contributed by atoms with Crippen molar-refractivity contribution in [1.29, 1.82) is 0 Å². The zero-order valence-corrected chi connectivity index (χ0v) is 17.2. The molecule has 0 unspecified atom stereocenters. The maximum absolute atomic E-state index is 12.8. The Hall–Kier alpha value is -2.80. The number of amides is 2. The molecule has 1 N–H and O–H groups in total. The first kappa shape index (κ1) is 19.2. The number of fused-ring (bicyclic) bond motifs is 1. The molecule has 3 aliphatic rings. The molecule has 4 heterocycles. The summed E-state index contributed by atoms with van der Waals surface area (Å²) in [5.41, 5.74) is 1.86. The first-order valence-electron chi connectivity index (χ1n) is 10.4. The molecule has 1 aromatic carbocycles. The molecule has 0 aliphatic carbocycles. The van der Waals surface area contributed by atoms with E-state index in [-0.39, 0.29) is 35.4 Å². The van der Waals surface area contributed by atoms with Gasteiger partial charge >= 0.3 is 0 Å². The van der Waals surface area contributed by atoms with E-state index in [9.17, 15) is 9.59 Å². The fourth-order valence-corrected chi connectivity index (χ4v) is 5.48. The van der Waals surface area contributed by atoms with Gasteiger partial charge in [0, 0.05) is 24.9 Å². The number of carbonyl (C=O) groups is 2. The number of rotatable bonds is 5. The van der Waals surface area contributed by atoms with E-state index in [1.54, 1.807) is 19.2 Å². The lowest BCUT2D eigenvalue weighted by molar-refractivity contribution is 0.00316. The van der Waals surface area contributed by atoms with Crippen molar-refractivity contribution in [2.75, 3.05) is 26.7 Å². The Kier molecular flexibility index (Phi) is 4.58. The van der Waals surface area contributed by atoms with Crippen LogP contribution >= 0.6 is 0 Å². The minimum Gasteiger partial charge on any atom is -0.496 e. The molecule has 2 aromatic rings. The fraction of sp³-hybridized carbons (Fsp3) is 0.478. The zero-order valence-electron chi connectivity index (χ0n) is 17.2. The average molecular weight is 410 g/mol. The number of benzene rings is 1. The van der Waals surface area contributed by atoms with Crippen LogP contribution in [-0.4, -0.2) is 55.2 Å². The van der Waals surface area contributed by atoms with Crippen molar-refractivity contribution in [2.24, 2.45) is 11.8 Å². The highest BCUT2D eigenvalue weighted by Gasteiger charge is 2.63. The number of nitrogens with one attached hydrogen (secondary N) is 1. The van der Waals surface area contributed by atoms with Gasteiger partial charge in [-0.3, -0.25) is 9.59 Å². The maximum atomic E-state index is 12.8. The van der Waals surface area contributed by atoms with Crippen molar-refractivity contribution in [1.82, 2.24) is 10.2 Å². The second kappa shape index (κ2) is 7.16. The topological polar surface area (TPSA) is 81.0 Å². The van der Waals surface area contributed by atoms with Gasteiger partial charge < -0.3 is 24.1 Å². The van der Waals surface area contributed by atoms with Crippen LogP contribution in [-0.2, 0) is 4.74 Å². The van der Waals surface area contributed by atoms with Crippen LogP contribution in [0.1, 0.15) is 39.1 Å². The van der Waals surface area contributed by atoms with Crippen molar-refractivity contribution in [3.05, 3.63) is 53.5 Å². The first-order chi connectivity index (χ1) is 14.5. The predicted molar refractivity (Wildman–Crippen MR) is 108 cm³/mol. The molecule has 3 fully saturated rings. The van der Waals surface area contributed by atoms with Crippen molar-refractivity contribution >= 4 is 11.8 Å². The number of methoxy groups -OCH3 is 1. The zero-order chi connectivity index (χ0) is 20.9. The smallest absolute Gasteiger partial charge is 0.257 e. The molecule has 7 heteroatoms. The lowest BCUT2D eigenvalue weighted by Gasteiger charge is -2.29. The van der Waals surface area contributed by atoms with Gasteiger partial charge in [-0.1, -0.05) is 6.07 Å². The van der Waals surface area contributed by atoms with E-state index >= 15 is 0 Å². The number of hydrogen-bond acceptors (Lipinski definition) is 5. The molecule has 3 saturated heterocycles. The summed E-state index contributed by atoms with van der Waals surface area (Å²) in [5.74, 6) is 0.833. The van der Waals surface area contributed by atoms with Gasteiger partial charge in [0.15, 0.2) is 0 Å². The van der Waals surface area contributed by atoms with Crippen LogP contribution in [0.2, 0.25) is 0 Å². The van der Waals surface area contributed by atoms with Crippen molar-refractivity contribution in [3.8, 4) is 5.75 Å². The van der Waals surface area contributed by atoms with Crippen molar-refractivity contribution in [3.63, 3.8) is 0 Å². The minimum atomic E-state index is -0.277. The summed E-state index contributed by atoms with van der Waals surface area (Å²) in [4.78, 5) is 27.5. The summed E-state index contributed by atoms with van der Waals surface area (Å²) in [6.07, 6.45) is 5.08. The van der Waals surface area contributed by atoms with E-state index in [1.165, 1.54) is 12.5 Å². The number of furan rings is 1. The predicted octanol–water partition coefficient (Wildman–Crippen LogP) is 2.65. The normalized spacial score (nSPS) is 29.1. The van der Waals surface area contributed by atoms with Gasteiger partial charge in [0.25, 0.3) is 11.8 Å². The average Bonchev–Trinajstić information content (AvgIpc) is 3.52. The van der Waals surface area contributed by atoms with Gasteiger partial charge in [0.1, 0.15) is 12.0 Å². The molecule has 2 amide bonds. The Labute approximate surface area is 175 Å². The maximum Gasteiger partial charge on any atom is 0.257 e. The van der Waals surface area contributed by atoms with Crippen LogP contribution in [0, 0.1) is 18.8 Å². The third-order valence-corrected chi connectivity index (χ3v) is 6.94. The Balaban J connectivity index is 1.28. The van der Waals surface area contributed by atoms with Gasteiger partial charge in [0.2, 0.25) is 0 Å². The monoisotopic (exact) mass is 410 g/mol. The molecule has 1 spiro atoms. The number of ether oxygens (including phenoxy) is 2. The van der Waals surface area contributed by atoms with Crippen LogP contribution in [0.3, 0.4) is 0 Å². The van der Waals surface area contributed by atoms with Gasteiger partial charge in [-0.15, -0.1) is 0 Å². The molecular formula is C23H26N2O5. The van der Waals surface area contributed by atoms with E-state index in [1.807, 2.05) is 24.0 Å². The molecule has 158 valence electrons. The summed E-state index contributed by atoms with van der Waals surface area (Å²) >= 11 is 0. The summed E-state index contributed by atoms with van der Waals surface area (Å²) in [6, 6.07) is 7.26. The molecule has 2 bridgehead atoms.